The minimum absolute atomic E-state index is 0.150. The van der Waals surface area contributed by atoms with Crippen molar-refractivity contribution in [3.63, 3.8) is 0 Å². The lowest BCUT2D eigenvalue weighted by Gasteiger charge is -2.10. The number of benzene rings is 2. The number of carbonyl (C=O) groups excluding carboxylic acids is 1. The summed E-state index contributed by atoms with van der Waals surface area (Å²) in [5, 5.41) is 0. The molecule has 3 rings (SSSR count). The van der Waals surface area contributed by atoms with Crippen LogP contribution in [0.1, 0.15) is 22.6 Å². The summed E-state index contributed by atoms with van der Waals surface area (Å²) in [6.07, 6.45) is 0.412. The van der Waals surface area contributed by atoms with Gasteiger partial charge in [-0.05, 0) is 28.8 Å². The Bertz CT molecular complexity index is 575. The summed E-state index contributed by atoms with van der Waals surface area (Å²) < 4.78 is 13.3. The van der Waals surface area contributed by atoms with Gasteiger partial charge in [0.2, 0.25) is 0 Å². The van der Waals surface area contributed by atoms with Gasteiger partial charge in [0.25, 0.3) is 0 Å². The molecular formula is C15H11FO. The standard InChI is InChI=1S/C15H11FO/c16-12-7-6-11-8-14(17)15(13(11)9-12)10-4-2-1-3-5-10/h1-7,9,15H,8H2. The molecule has 17 heavy (non-hydrogen) atoms. The highest BCUT2D eigenvalue weighted by Crippen LogP contribution is 2.35. The lowest BCUT2D eigenvalue weighted by atomic mass is 9.92. The van der Waals surface area contributed by atoms with E-state index in [1.165, 1.54) is 12.1 Å². The fraction of sp³-hybridized carbons (Fsp3) is 0.133. The van der Waals surface area contributed by atoms with Gasteiger partial charge < -0.3 is 0 Å². The Morgan fingerprint density at radius 1 is 1.06 bits per heavy atom. The first-order valence-corrected chi connectivity index (χ1v) is 5.61. The van der Waals surface area contributed by atoms with Crippen molar-refractivity contribution in [1.82, 2.24) is 0 Å². The highest BCUT2D eigenvalue weighted by molar-refractivity contribution is 5.95. The molecule has 0 saturated carbocycles. The van der Waals surface area contributed by atoms with Crippen LogP contribution in [0, 0.1) is 5.82 Å². The first-order chi connectivity index (χ1) is 8.25. The highest BCUT2D eigenvalue weighted by Gasteiger charge is 2.31. The van der Waals surface area contributed by atoms with Crippen LogP contribution in [-0.4, -0.2) is 5.78 Å². The maximum Gasteiger partial charge on any atom is 0.149 e. The zero-order chi connectivity index (χ0) is 11.8. The first kappa shape index (κ1) is 10.2. The molecule has 1 aliphatic carbocycles. The van der Waals surface area contributed by atoms with Crippen molar-refractivity contribution >= 4 is 5.78 Å². The predicted molar refractivity (Wildman–Crippen MR) is 63.4 cm³/mol. The van der Waals surface area contributed by atoms with E-state index in [2.05, 4.69) is 0 Å². The molecule has 1 aliphatic rings. The Labute approximate surface area is 98.9 Å². The highest BCUT2D eigenvalue weighted by atomic mass is 19.1. The summed E-state index contributed by atoms with van der Waals surface area (Å²) >= 11 is 0. The molecule has 2 aromatic rings. The zero-order valence-electron chi connectivity index (χ0n) is 9.19. The number of halogens is 1. The van der Waals surface area contributed by atoms with Gasteiger partial charge in [-0.25, -0.2) is 4.39 Å². The fourth-order valence-corrected chi connectivity index (χ4v) is 2.47. The van der Waals surface area contributed by atoms with E-state index in [0.717, 1.165) is 16.7 Å². The quantitative estimate of drug-likeness (QED) is 0.730. The van der Waals surface area contributed by atoms with Gasteiger partial charge in [0.05, 0.1) is 5.92 Å². The van der Waals surface area contributed by atoms with Gasteiger partial charge in [0.15, 0.2) is 0 Å². The minimum Gasteiger partial charge on any atom is -0.298 e. The smallest absolute Gasteiger partial charge is 0.149 e. The molecule has 84 valence electrons. The minimum atomic E-state index is -0.290. The van der Waals surface area contributed by atoms with E-state index < -0.39 is 0 Å². The number of rotatable bonds is 1. The number of ketones is 1. The summed E-state index contributed by atoms with van der Waals surface area (Å²) in [5.41, 5.74) is 2.72. The zero-order valence-corrected chi connectivity index (χ0v) is 9.19. The maximum atomic E-state index is 13.3. The number of hydrogen-bond acceptors (Lipinski definition) is 1. The molecule has 1 nitrogen and oxygen atoms in total. The molecular weight excluding hydrogens is 215 g/mol. The summed E-state index contributed by atoms with van der Waals surface area (Å²) in [6, 6.07) is 14.2. The lowest BCUT2D eigenvalue weighted by molar-refractivity contribution is -0.118. The molecule has 1 unspecified atom stereocenters. The second kappa shape index (κ2) is 3.81. The van der Waals surface area contributed by atoms with Crippen molar-refractivity contribution in [3.05, 3.63) is 71.0 Å². The van der Waals surface area contributed by atoms with Gasteiger partial charge in [-0.3, -0.25) is 4.79 Å². The van der Waals surface area contributed by atoms with Crippen LogP contribution in [0.5, 0.6) is 0 Å². The van der Waals surface area contributed by atoms with Crippen LogP contribution in [0.15, 0.2) is 48.5 Å². The van der Waals surface area contributed by atoms with Gasteiger partial charge in [-0.15, -0.1) is 0 Å². The van der Waals surface area contributed by atoms with E-state index >= 15 is 0 Å². The van der Waals surface area contributed by atoms with Crippen LogP contribution in [0.25, 0.3) is 0 Å². The van der Waals surface area contributed by atoms with Crippen LogP contribution < -0.4 is 0 Å². The Morgan fingerprint density at radius 2 is 1.82 bits per heavy atom. The van der Waals surface area contributed by atoms with Gasteiger partial charge >= 0.3 is 0 Å². The van der Waals surface area contributed by atoms with Crippen molar-refractivity contribution < 1.29 is 9.18 Å². The average molecular weight is 226 g/mol. The third-order valence-electron chi connectivity index (χ3n) is 3.24. The number of fused-ring (bicyclic) bond motifs is 1. The van der Waals surface area contributed by atoms with Crippen molar-refractivity contribution in [3.8, 4) is 0 Å². The van der Waals surface area contributed by atoms with Crippen molar-refractivity contribution in [2.45, 2.75) is 12.3 Å². The van der Waals surface area contributed by atoms with E-state index in [1.54, 1.807) is 6.07 Å². The number of Topliss-reactive ketones (excluding diaryl/α,β-unsaturated/α-hetero) is 1. The molecule has 0 aromatic heterocycles. The Hall–Kier alpha value is -1.96. The normalized spacial score (nSPS) is 18.2. The molecule has 2 aromatic carbocycles. The van der Waals surface area contributed by atoms with Crippen molar-refractivity contribution in [2.24, 2.45) is 0 Å². The summed E-state index contributed by atoms with van der Waals surface area (Å²) in [5.74, 6) is -0.418. The van der Waals surface area contributed by atoms with Crippen LogP contribution in [0.4, 0.5) is 4.39 Å². The van der Waals surface area contributed by atoms with Crippen LogP contribution in [0.2, 0.25) is 0 Å². The predicted octanol–water partition coefficient (Wildman–Crippen LogP) is 3.08. The molecule has 0 fully saturated rings. The second-order valence-corrected chi connectivity index (χ2v) is 4.33. The topological polar surface area (TPSA) is 17.1 Å². The van der Waals surface area contributed by atoms with Gasteiger partial charge in [0.1, 0.15) is 11.6 Å². The number of carbonyl (C=O) groups is 1. The van der Waals surface area contributed by atoms with Gasteiger partial charge in [-0.2, -0.15) is 0 Å². The second-order valence-electron chi connectivity index (χ2n) is 4.33. The number of hydrogen-bond donors (Lipinski definition) is 0. The SMILES string of the molecule is O=C1Cc2ccc(F)cc2C1c1ccccc1. The largest absolute Gasteiger partial charge is 0.298 e. The summed E-state index contributed by atoms with van der Waals surface area (Å²) in [4.78, 5) is 12.0. The Morgan fingerprint density at radius 3 is 2.59 bits per heavy atom. The van der Waals surface area contributed by atoms with Gasteiger partial charge in [0, 0.05) is 6.42 Å². The van der Waals surface area contributed by atoms with E-state index in [1.807, 2.05) is 30.3 Å². The van der Waals surface area contributed by atoms with Gasteiger partial charge in [-0.1, -0.05) is 36.4 Å². The third-order valence-corrected chi connectivity index (χ3v) is 3.24. The Kier molecular flexibility index (Phi) is 2.29. The van der Waals surface area contributed by atoms with Crippen molar-refractivity contribution in [1.29, 1.82) is 0 Å². The molecule has 0 bridgehead atoms. The van der Waals surface area contributed by atoms with Crippen LogP contribution >= 0.6 is 0 Å². The first-order valence-electron chi connectivity index (χ1n) is 5.61. The average Bonchev–Trinajstić information content (AvgIpc) is 2.65. The lowest BCUT2D eigenvalue weighted by Crippen LogP contribution is -2.07. The molecule has 0 saturated heterocycles. The molecule has 0 heterocycles. The van der Waals surface area contributed by atoms with E-state index in [4.69, 9.17) is 0 Å². The molecule has 0 N–H and O–H groups in total. The molecule has 0 radical (unpaired) electrons. The summed E-state index contributed by atoms with van der Waals surface area (Å²) in [7, 11) is 0. The Balaban J connectivity index is 2.14. The van der Waals surface area contributed by atoms with E-state index in [0.29, 0.717) is 6.42 Å². The molecule has 0 spiro atoms. The van der Waals surface area contributed by atoms with E-state index in [-0.39, 0.29) is 17.5 Å². The van der Waals surface area contributed by atoms with Crippen LogP contribution in [0.3, 0.4) is 0 Å². The summed E-state index contributed by atoms with van der Waals surface area (Å²) in [6.45, 7) is 0. The molecule has 1 atom stereocenters. The third kappa shape index (κ3) is 1.66. The van der Waals surface area contributed by atoms with E-state index in [9.17, 15) is 9.18 Å². The molecule has 0 amide bonds. The maximum absolute atomic E-state index is 13.3. The van der Waals surface area contributed by atoms with Crippen molar-refractivity contribution in [2.75, 3.05) is 0 Å². The molecule has 2 heteroatoms. The molecule has 0 aliphatic heterocycles. The fourth-order valence-electron chi connectivity index (χ4n) is 2.47. The van der Waals surface area contributed by atoms with Crippen LogP contribution in [-0.2, 0) is 11.2 Å². The monoisotopic (exact) mass is 226 g/mol.